The van der Waals surface area contributed by atoms with Gasteiger partial charge >= 0.3 is 0 Å². The molecule has 0 saturated heterocycles. The lowest BCUT2D eigenvalue weighted by atomic mass is 9.94. The first-order chi connectivity index (χ1) is 23.1. The van der Waals surface area contributed by atoms with Gasteiger partial charge in [-0.2, -0.15) is 0 Å². The zero-order valence-electron chi connectivity index (χ0n) is 27.6. The molecular weight excluding hydrogens is 642 g/mol. The van der Waals surface area contributed by atoms with E-state index < -0.39 is 28.5 Å². The van der Waals surface area contributed by atoms with Crippen molar-refractivity contribution in [3.05, 3.63) is 131 Å². The Balaban J connectivity index is 1.56. The van der Waals surface area contributed by atoms with Crippen LogP contribution in [-0.2, 0) is 32.6 Å². The van der Waals surface area contributed by atoms with Crippen LogP contribution in [0.15, 0.2) is 114 Å². The van der Waals surface area contributed by atoms with Crippen LogP contribution in [0.1, 0.15) is 68.6 Å². The Morgan fingerprint density at radius 2 is 1.44 bits per heavy atom. The van der Waals surface area contributed by atoms with Crippen molar-refractivity contribution in [1.82, 2.24) is 10.2 Å². The van der Waals surface area contributed by atoms with Crippen LogP contribution >= 0.6 is 11.6 Å². The van der Waals surface area contributed by atoms with E-state index in [2.05, 4.69) is 19.2 Å². The summed E-state index contributed by atoms with van der Waals surface area (Å²) >= 11 is 6.37. The Hall–Kier alpha value is -4.14. The molecule has 4 aromatic carbocycles. The maximum Gasteiger partial charge on any atom is 0.264 e. The highest BCUT2D eigenvalue weighted by molar-refractivity contribution is 7.92. The number of halogens is 1. The monoisotopic (exact) mass is 685 g/mol. The molecular formula is C39H44ClN3O4S. The number of hydrogen-bond acceptors (Lipinski definition) is 4. The van der Waals surface area contributed by atoms with E-state index in [1.54, 1.807) is 48.5 Å². The van der Waals surface area contributed by atoms with Gasteiger partial charge in [0.05, 0.1) is 10.6 Å². The molecule has 1 aliphatic rings. The molecule has 4 aromatic rings. The van der Waals surface area contributed by atoms with Crippen LogP contribution < -0.4 is 9.62 Å². The minimum absolute atomic E-state index is 0.0297. The smallest absolute Gasteiger partial charge is 0.264 e. The van der Waals surface area contributed by atoms with E-state index in [9.17, 15) is 18.0 Å². The first-order valence-electron chi connectivity index (χ1n) is 16.7. The van der Waals surface area contributed by atoms with Gasteiger partial charge < -0.3 is 10.2 Å². The zero-order chi connectivity index (χ0) is 34.1. The maximum absolute atomic E-state index is 14.7. The molecule has 0 aromatic heterocycles. The Morgan fingerprint density at radius 3 is 2.06 bits per heavy atom. The number of amides is 2. The number of benzene rings is 4. The molecule has 0 bridgehead atoms. The fraction of sp³-hybridized carbons (Fsp3) is 0.333. The predicted molar refractivity (Wildman–Crippen MR) is 192 cm³/mol. The molecule has 1 saturated carbocycles. The Morgan fingerprint density at radius 1 is 0.812 bits per heavy atom. The summed E-state index contributed by atoms with van der Waals surface area (Å²) in [5, 5.41) is 3.74. The van der Waals surface area contributed by atoms with Gasteiger partial charge in [0.1, 0.15) is 12.6 Å². The molecule has 5 rings (SSSR count). The highest BCUT2D eigenvalue weighted by Gasteiger charge is 2.35. The van der Waals surface area contributed by atoms with Gasteiger partial charge in [-0.05, 0) is 71.8 Å². The molecule has 0 spiro atoms. The van der Waals surface area contributed by atoms with E-state index in [1.165, 1.54) is 17.0 Å². The average Bonchev–Trinajstić information content (AvgIpc) is 3.10. The second kappa shape index (κ2) is 16.3. The summed E-state index contributed by atoms with van der Waals surface area (Å²) in [5.74, 6) is -0.503. The number of sulfonamides is 1. The predicted octanol–water partition coefficient (Wildman–Crippen LogP) is 7.75. The van der Waals surface area contributed by atoms with Gasteiger partial charge in [0.2, 0.25) is 11.8 Å². The van der Waals surface area contributed by atoms with Crippen molar-refractivity contribution >= 4 is 39.1 Å². The number of carbonyl (C=O) groups excluding carboxylic acids is 2. The third-order valence-corrected chi connectivity index (χ3v) is 10.9. The molecule has 9 heteroatoms. The first-order valence-corrected chi connectivity index (χ1v) is 18.5. The summed E-state index contributed by atoms with van der Waals surface area (Å²) in [7, 11) is -4.16. The van der Waals surface area contributed by atoms with Gasteiger partial charge in [-0.15, -0.1) is 0 Å². The topological polar surface area (TPSA) is 86.8 Å². The lowest BCUT2D eigenvalue weighted by Crippen LogP contribution is -2.55. The Kier molecular flexibility index (Phi) is 12.0. The normalized spacial score (nSPS) is 14.3. The highest BCUT2D eigenvalue weighted by atomic mass is 35.5. The highest BCUT2D eigenvalue weighted by Crippen LogP contribution is 2.27. The lowest BCUT2D eigenvalue weighted by molar-refractivity contribution is -0.140. The van der Waals surface area contributed by atoms with Gasteiger partial charge in [0, 0.05) is 24.0 Å². The van der Waals surface area contributed by atoms with Gasteiger partial charge in [0.25, 0.3) is 10.0 Å². The van der Waals surface area contributed by atoms with Crippen LogP contribution in [-0.4, -0.2) is 43.8 Å². The SMILES string of the molecule is CC(C)c1ccc(N(CC(=O)N(Cc2cccc(Cl)c2)[C@@H](Cc2ccccc2)C(=O)NC2CCCCC2)S(=O)(=O)c2ccccc2)cc1. The molecule has 1 atom stereocenters. The maximum atomic E-state index is 14.7. The number of carbonyl (C=O) groups is 2. The second-order valence-corrected chi connectivity index (χ2v) is 15.1. The van der Waals surface area contributed by atoms with Gasteiger partial charge in [-0.1, -0.05) is 118 Å². The minimum atomic E-state index is -4.16. The molecule has 48 heavy (non-hydrogen) atoms. The largest absolute Gasteiger partial charge is 0.352 e. The van der Waals surface area contributed by atoms with Crippen molar-refractivity contribution < 1.29 is 18.0 Å². The van der Waals surface area contributed by atoms with Crippen molar-refractivity contribution in [3.8, 4) is 0 Å². The summed E-state index contributed by atoms with van der Waals surface area (Å²) in [6.07, 6.45) is 5.27. The standard InChI is InChI=1S/C39H44ClN3O4S/c1-29(2)32-21-23-35(24-22-32)43(48(46,47)36-19-10-5-11-20-36)28-38(44)42(27-31-15-12-16-33(40)25-31)37(26-30-13-6-3-7-14-30)39(45)41-34-17-8-4-9-18-34/h3,5-7,10-16,19-25,29,34,37H,4,8-9,17-18,26-28H2,1-2H3,(H,41,45)/t37-/m0/s1. The Labute approximate surface area is 290 Å². The number of hydrogen-bond donors (Lipinski definition) is 1. The van der Waals surface area contributed by atoms with Crippen LogP contribution in [0.2, 0.25) is 5.02 Å². The van der Waals surface area contributed by atoms with Crippen molar-refractivity contribution in [2.24, 2.45) is 0 Å². The van der Waals surface area contributed by atoms with E-state index in [0.717, 1.165) is 53.1 Å². The van der Waals surface area contributed by atoms with E-state index in [-0.39, 0.29) is 35.7 Å². The lowest BCUT2D eigenvalue weighted by Gasteiger charge is -2.35. The third-order valence-electron chi connectivity index (χ3n) is 8.92. The summed E-state index contributed by atoms with van der Waals surface area (Å²) in [4.78, 5) is 30.5. The number of anilines is 1. The van der Waals surface area contributed by atoms with E-state index in [0.29, 0.717) is 10.7 Å². The number of nitrogens with zero attached hydrogens (tertiary/aromatic N) is 2. The van der Waals surface area contributed by atoms with Gasteiger partial charge in [0.15, 0.2) is 0 Å². The van der Waals surface area contributed by atoms with E-state index in [1.807, 2.05) is 48.5 Å². The van der Waals surface area contributed by atoms with Crippen LogP contribution in [0, 0.1) is 0 Å². The number of nitrogens with one attached hydrogen (secondary N) is 1. The zero-order valence-corrected chi connectivity index (χ0v) is 29.2. The van der Waals surface area contributed by atoms with E-state index in [4.69, 9.17) is 11.6 Å². The molecule has 0 aliphatic heterocycles. The average molecular weight is 686 g/mol. The summed E-state index contributed by atoms with van der Waals surface area (Å²) in [5.41, 5.74) is 3.04. The summed E-state index contributed by atoms with van der Waals surface area (Å²) in [6.45, 7) is 3.70. The molecule has 0 unspecified atom stereocenters. The van der Waals surface area contributed by atoms with Crippen LogP contribution in [0.5, 0.6) is 0 Å². The van der Waals surface area contributed by atoms with Crippen molar-refractivity contribution in [3.63, 3.8) is 0 Å². The fourth-order valence-electron chi connectivity index (χ4n) is 6.20. The minimum Gasteiger partial charge on any atom is -0.352 e. The number of rotatable bonds is 13. The molecule has 1 fully saturated rings. The van der Waals surface area contributed by atoms with Crippen molar-refractivity contribution in [1.29, 1.82) is 0 Å². The third kappa shape index (κ3) is 9.05. The van der Waals surface area contributed by atoms with Crippen molar-refractivity contribution in [2.45, 2.75) is 81.8 Å². The van der Waals surface area contributed by atoms with Gasteiger partial charge in [-0.25, -0.2) is 8.42 Å². The van der Waals surface area contributed by atoms with Crippen molar-refractivity contribution in [2.75, 3.05) is 10.8 Å². The Bertz CT molecular complexity index is 1760. The molecule has 1 aliphatic carbocycles. The first kappa shape index (κ1) is 35.2. The van der Waals surface area contributed by atoms with Crippen LogP contribution in [0.25, 0.3) is 0 Å². The molecule has 7 nitrogen and oxygen atoms in total. The second-order valence-electron chi connectivity index (χ2n) is 12.8. The molecule has 1 N–H and O–H groups in total. The van der Waals surface area contributed by atoms with Crippen LogP contribution in [0.3, 0.4) is 0 Å². The molecule has 2 amide bonds. The van der Waals surface area contributed by atoms with E-state index >= 15 is 0 Å². The molecule has 252 valence electrons. The summed E-state index contributed by atoms with van der Waals surface area (Å²) in [6, 6.07) is 31.3. The van der Waals surface area contributed by atoms with Crippen LogP contribution in [0.4, 0.5) is 5.69 Å². The fourth-order valence-corrected chi connectivity index (χ4v) is 7.85. The van der Waals surface area contributed by atoms with Gasteiger partial charge in [-0.3, -0.25) is 13.9 Å². The quantitative estimate of drug-likeness (QED) is 0.156. The molecule has 0 heterocycles. The molecule has 0 radical (unpaired) electrons. The summed E-state index contributed by atoms with van der Waals surface area (Å²) < 4.78 is 29.6.